The lowest BCUT2D eigenvalue weighted by molar-refractivity contribution is 0.0938. The van der Waals surface area contributed by atoms with Gasteiger partial charge in [-0.1, -0.05) is 28.6 Å². The Hall–Kier alpha value is -2.49. The van der Waals surface area contributed by atoms with Crippen LogP contribution in [0.15, 0.2) is 35.5 Å². The minimum Gasteiger partial charge on any atom is -0.382 e. The monoisotopic (exact) mass is 460 g/mol. The van der Waals surface area contributed by atoms with Crippen molar-refractivity contribution < 1.29 is 9.53 Å². The van der Waals surface area contributed by atoms with Crippen LogP contribution in [0.5, 0.6) is 0 Å². The van der Waals surface area contributed by atoms with Gasteiger partial charge in [0.05, 0.1) is 11.4 Å². The number of nitrogens with one attached hydrogen (secondary N) is 1. The first kappa shape index (κ1) is 23.2. The van der Waals surface area contributed by atoms with Gasteiger partial charge in [-0.05, 0) is 57.5 Å². The van der Waals surface area contributed by atoms with Gasteiger partial charge in [-0.2, -0.15) is 0 Å². The number of amides is 1. The van der Waals surface area contributed by atoms with Gasteiger partial charge in [0.25, 0.3) is 5.91 Å². The van der Waals surface area contributed by atoms with Crippen molar-refractivity contribution in [1.29, 1.82) is 0 Å². The third-order valence-corrected chi connectivity index (χ3v) is 5.41. The molecular weight excluding hydrogens is 436 g/mol. The summed E-state index contributed by atoms with van der Waals surface area (Å²) in [5.74, 6) is 0.161. The number of ether oxygens (including phenoxy) is 1. The minimum absolute atomic E-state index is 0.270. The predicted molar refractivity (Wildman–Crippen MR) is 121 cm³/mol. The third kappa shape index (κ3) is 6.49. The van der Waals surface area contributed by atoms with Crippen LogP contribution in [0.3, 0.4) is 0 Å². The van der Waals surface area contributed by atoms with Crippen LogP contribution in [0.1, 0.15) is 40.9 Å². The fourth-order valence-electron chi connectivity index (χ4n) is 2.89. The average Bonchev–Trinajstić information content (AvgIpc) is 3.16. The standard InChI is InChI=1S/C21H25ClN6O2S/c1-4-30-11-5-10-23-20(29)19-18(13-31-21-24-14(2)12-15(3)25-21)28(27-26-19)17-8-6-16(22)7-9-17/h6-9,12H,4-5,10-11,13H2,1-3H3,(H,23,29). The van der Waals surface area contributed by atoms with Crippen molar-refractivity contribution in [3.63, 3.8) is 0 Å². The van der Waals surface area contributed by atoms with Crippen molar-refractivity contribution >= 4 is 29.3 Å². The number of halogens is 1. The first-order chi connectivity index (χ1) is 15.0. The molecule has 2 aromatic heterocycles. The molecule has 1 N–H and O–H groups in total. The van der Waals surface area contributed by atoms with Gasteiger partial charge in [0.15, 0.2) is 10.9 Å². The van der Waals surface area contributed by atoms with Gasteiger partial charge >= 0.3 is 0 Å². The first-order valence-corrected chi connectivity index (χ1v) is 11.4. The highest BCUT2D eigenvalue weighted by atomic mass is 35.5. The van der Waals surface area contributed by atoms with E-state index in [1.54, 1.807) is 16.8 Å². The molecule has 0 aliphatic carbocycles. The lowest BCUT2D eigenvalue weighted by atomic mass is 10.2. The Morgan fingerprint density at radius 1 is 1.19 bits per heavy atom. The van der Waals surface area contributed by atoms with E-state index < -0.39 is 0 Å². The smallest absolute Gasteiger partial charge is 0.273 e. The first-order valence-electron chi connectivity index (χ1n) is 9.99. The molecule has 3 aromatic rings. The largest absolute Gasteiger partial charge is 0.382 e. The van der Waals surface area contributed by atoms with Crippen molar-refractivity contribution in [3.05, 3.63) is 58.1 Å². The van der Waals surface area contributed by atoms with E-state index in [1.807, 2.05) is 39.0 Å². The van der Waals surface area contributed by atoms with Crippen LogP contribution < -0.4 is 5.32 Å². The molecule has 0 bridgehead atoms. The summed E-state index contributed by atoms with van der Waals surface area (Å²) in [6, 6.07) is 9.14. The van der Waals surface area contributed by atoms with Crippen molar-refractivity contribution in [2.45, 2.75) is 38.1 Å². The zero-order chi connectivity index (χ0) is 22.2. The molecule has 0 fully saturated rings. The number of aryl methyl sites for hydroxylation is 2. The van der Waals surface area contributed by atoms with Gasteiger partial charge in [0.1, 0.15) is 0 Å². The van der Waals surface area contributed by atoms with E-state index in [1.165, 1.54) is 11.8 Å². The second-order valence-corrected chi connectivity index (χ2v) is 8.18. The highest BCUT2D eigenvalue weighted by Gasteiger charge is 2.21. The summed E-state index contributed by atoms with van der Waals surface area (Å²) in [7, 11) is 0. The maximum absolute atomic E-state index is 12.8. The van der Waals surface area contributed by atoms with Gasteiger partial charge in [-0.3, -0.25) is 4.79 Å². The molecule has 31 heavy (non-hydrogen) atoms. The summed E-state index contributed by atoms with van der Waals surface area (Å²) in [6.45, 7) is 7.56. The minimum atomic E-state index is -0.270. The SMILES string of the molecule is CCOCCCNC(=O)c1nnn(-c2ccc(Cl)cc2)c1CSc1nc(C)cc(C)n1. The van der Waals surface area contributed by atoms with Crippen LogP contribution in [0.4, 0.5) is 0 Å². The summed E-state index contributed by atoms with van der Waals surface area (Å²) in [6.07, 6.45) is 0.728. The van der Waals surface area contributed by atoms with Crippen molar-refractivity contribution in [2.75, 3.05) is 19.8 Å². The fourth-order valence-corrected chi connectivity index (χ4v) is 3.96. The number of benzene rings is 1. The number of hydrogen-bond donors (Lipinski definition) is 1. The Morgan fingerprint density at radius 2 is 1.90 bits per heavy atom. The van der Waals surface area contributed by atoms with Crippen molar-refractivity contribution in [2.24, 2.45) is 0 Å². The lowest BCUT2D eigenvalue weighted by Gasteiger charge is -2.09. The molecule has 0 aliphatic rings. The van der Waals surface area contributed by atoms with E-state index in [-0.39, 0.29) is 11.6 Å². The van der Waals surface area contributed by atoms with E-state index in [9.17, 15) is 4.79 Å². The average molecular weight is 461 g/mol. The summed E-state index contributed by atoms with van der Waals surface area (Å²) < 4.78 is 6.97. The molecule has 2 heterocycles. The third-order valence-electron chi connectivity index (χ3n) is 4.30. The van der Waals surface area contributed by atoms with Gasteiger partial charge in [-0.25, -0.2) is 14.6 Å². The molecule has 0 saturated heterocycles. The number of hydrogen-bond acceptors (Lipinski definition) is 7. The number of aromatic nitrogens is 5. The van der Waals surface area contributed by atoms with Crippen LogP contribution in [0, 0.1) is 13.8 Å². The Balaban J connectivity index is 1.82. The van der Waals surface area contributed by atoms with Crippen LogP contribution in [-0.4, -0.2) is 50.6 Å². The number of carbonyl (C=O) groups excluding carboxylic acids is 1. The van der Waals surface area contributed by atoms with E-state index in [0.717, 1.165) is 23.5 Å². The molecule has 0 radical (unpaired) electrons. The molecule has 0 atom stereocenters. The van der Waals surface area contributed by atoms with Crippen LogP contribution in [-0.2, 0) is 10.5 Å². The van der Waals surface area contributed by atoms with Gasteiger partial charge in [-0.15, -0.1) is 5.10 Å². The zero-order valence-corrected chi connectivity index (χ0v) is 19.3. The van der Waals surface area contributed by atoms with E-state index in [4.69, 9.17) is 16.3 Å². The molecular formula is C21H25ClN6O2S. The van der Waals surface area contributed by atoms with Crippen molar-refractivity contribution in [1.82, 2.24) is 30.3 Å². The zero-order valence-electron chi connectivity index (χ0n) is 17.8. The van der Waals surface area contributed by atoms with Gasteiger partial charge in [0, 0.05) is 41.9 Å². The van der Waals surface area contributed by atoms with E-state index in [0.29, 0.717) is 41.4 Å². The van der Waals surface area contributed by atoms with Gasteiger partial charge < -0.3 is 10.1 Å². The second kappa shape index (κ2) is 11.2. The van der Waals surface area contributed by atoms with Crippen LogP contribution >= 0.6 is 23.4 Å². The Morgan fingerprint density at radius 3 is 2.58 bits per heavy atom. The predicted octanol–water partition coefficient (Wildman–Crippen LogP) is 3.78. The lowest BCUT2D eigenvalue weighted by Crippen LogP contribution is -2.26. The topological polar surface area (TPSA) is 94.8 Å². The molecule has 0 unspecified atom stereocenters. The van der Waals surface area contributed by atoms with E-state index in [2.05, 4.69) is 25.6 Å². The maximum Gasteiger partial charge on any atom is 0.273 e. The van der Waals surface area contributed by atoms with Crippen LogP contribution in [0.25, 0.3) is 5.69 Å². The molecule has 0 spiro atoms. The number of rotatable bonds is 10. The molecule has 3 rings (SSSR count). The molecule has 1 aromatic carbocycles. The summed E-state index contributed by atoms with van der Waals surface area (Å²) in [5.41, 5.74) is 3.50. The second-order valence-electron chi connectivity index (χ2n) is 6.80. The van der Waals surface area contributed by atoms with Gasteiger partial charge in [0.2, 0.25) is 0 Å². The summed E-state index contributed by atoms with van der Waals surface area (Å²) in [4.78, 5) is 21.7. The summed E-state index contributed by atoms with van der Waals surface area (Å²) >= 11 is 7.45. The quantitative estimate of drug-likeness (QED) is 0.279. The maximum atomic E-state index is 12.8. The Bertz CT molecular complexity index is 1000. The Labute approximate surface area is 190 Å². The molecule has 0 saturated carbocycles. The molecule has 8 nitrogen and oxygen atoms in total. The van der Waals surface area contributed by atoms with Crippen LogP contribution in [0.2, 0.25) is 5.02 Å². The number of carbonyl (C=O) groups is 1. The molecule has 164 valence electrons. The number of nitrogens with zero attached hydrogens (tertiary/aromatic N) is 5. The fraction of sp³-hybridized carbons (Fsp3) is 0.381. The Kier molecular flexibility index (Phi) is 8.39. The normalized spacial score (nSPS) is 11.0. The molecule has 1 amide bonds. The van der Waals surface area contributed by atoms with E-state index >= 15 is 0 Å². The highest BCUT2D eigenvalue weighted by Crippen LogP contribution is 2.24. The molecule has 0 aliphatic heterocycles. The molecule has 10 heteroatoms. The highest BCUT2D eigenvalue weighted by molar-refractivity contribution is 7.98. The summed E-state index contributed by atoms with van der Waals surface area (Å²) in [5, 5.41) is 12.5. The number of thioether (sulfide) groups is 1. The van der Waals surface area contributed by atoms with Crippen molar-refractivity contribution in [3.8, 4) is 5.69 Å².